The van der Waals surface area contributed by atoms with Crippen LogP contribution in [0.3, 0.4) is 0 Å². The van der Waals surface area contributed by atoms with Crippen LogP contribution in [0.1, 0.15) is 12.8 Å². The van der Waals surface area contributed by atoms with E-state index in [-0.39, 0.29) is 55.5 Å². The molecule has 2 radical (unpaired) electrons. The van der Waals surface area contributed by atoms with Gasteiger partial charge in [0.25, 0.3) is 0 Å². The second-order valence-electron chi connectivity index (χ2n) is 5.61. The Balaban J connectivity index is -0.000000653. The van der Waals surface area contributed by atoms with E-state index in [1.54, 1.807) is 24.9 Å². The van der Waals surface area contributed by atoms with Crippen molar-refractivity contribution in [1.29, 1.82) is 0 Å². The van der Waals surface area contributed by atoms with Gasteiger partial charge >= 0.3 is 33.6 Å². The van der Waals surface area contributed by atoms with Crippen LogP contribution in [0, 0.1) is 0 Å². The fourth-order valence-electron chi connectivity index (χ4n) is 2.12. The van der Waals surface area contributed by atoms with Gasteiger partial charge in [0.2, 0.25) is 0 Å². The average molecular weight is 542 g/mol. The summed E-state index contributed by atoms with van der Waals surface area (Å²) in [4.78, 5) is 17.4. The summed E-state index contributed by atoms with van der Waals surface area (Å²) in [6, 6.07) is 0. The molecule has 0 saturated carbocycles. The Morgan fingerprint density at radius 3 is 0.844 bits per heavy atom. The molecule has 6 rings (SSSR count). The predicted molar refractivity (Wildman–Crippen MR) is 128 cm³/mol. The summed E-state index contributed by atoms with van der Waals surface area (Å²) < 4.78 is 0. The Morgan fingerprint density at radius 2 is 0.656 bits per heavy atom. The molecule has 6 aliphatic rings. The molecular weight excluding hydrogens is 510 g/mol. The molecule has 32 heavy (non-hydrogen) atoms. The van der Waals surface area contributed by atoms with Gasteiger partial charge in [0, 0.05) is 51.0 Å². The van der Waals surface area contributed by atoms with E-state index in [1.807, 2.05) is 24.3 Å². The molecule has 182 valence electrons. The summed E-state index contributed by atoms with van der Waals surface area (Å²) in [5.41, 5.74) is 19.4. The van der Waals surface area contributed by atoms with Crippen LogP contribution in [0.4, 0.5) is 0 Å². The van der Waals surface area contributed by atoms with Crippen molar-refractivity contribution in [2.45, 2.75) is 12.8 Å². The molecule has 0 aliphatic carbocycles. The van der Waals surface area contributed by atoms with Gasteiger partial charge < -0.3 is 43.6 Å². The molecule has 12 N–H and O–H groups in total. The van der Waals surface area contributed by atoms with Gasteiger partial charge in [-0.05, 0) is 12.8 Å². The van der Waals surface area contributed by atoms with Crippen LogP contribution in [-0.2, 0) is 55.5 Å². The Kier molecular flexibility index (Phi) is 25.4. The van der Waals surface area contributed by atoms with Crippen molar-refractivity contribution < 1.29 is 55.5 Å². The van der Waals surface area contributed by atoms with E-state index in [2.05, 4.69) is 41.7 Å². The first-order valence-corrected chi connectivity index (χ1v) is 8.57. The van der Waals surface area contributed by atoms with Crippen molar-refractivity contribution in [3.8, 4) is 0 Å². The molecule has 0 unspecified atom stereocenters. The van der Waals surface area contributed by atoms with Gasteiger partial charge in [-0.3, -0.25) is 20.0 Å². The maximum Gasteiger partial charge on any atom is 2.00 e. The molecule has 0 spiro atoms. The first-order valence-electron chi connectivity index (χ1n) is 8.57. The first-order chi connectivity index (χ1) is 12.9. The van der Waals surface area contributed by atoms with E-state index in [4.69, 9.17) is 0 Å². The third-order valence-electron chi connectivity index (χ3n) is 3.45. The summed E-state index contributed by atoms with van der Waals surface area (Å²) in [7, 11) is 0. The summed E-state index contributed by atoms with van der Waals surface area (Å²) in [5.74, 6) is 0. The van der Waals surface area contributed by atoms with E-state index in [9.17, 15) is 0 Å². The summed E-state index contributed by atoms with van der Waals surface area (Å²) in [5, 5.41) is 0. The van der Waals surface area contributed by atoms with Crippen molar-refractivity contribution in [3.05, 3.63) is 68.8 Å². The maximum absolute atomic E-state index is 4.34. The minimum absolute atomic E-state index is 0. The molecule has 0 aromatic carbocycles. The van der Waals surface area contributed by atoms with E-state index < -0.39 is 0 Å². The zero-order chi connectivity index (χ0) is 17.9. The molecule has 12 nitrogen and oxygen atoms in total. The van der Waals surface area contributed by atoms with Gasteiger partial charge in [-0.1, -0.05) is 24.3 Å². The van der Waals surface area contributed by atoms with Crippen LogP contribution in [0.15, 0.2) is 67.1 Å². The minimum atomic E-state index is 0. The van der Waals surface area contributed by atoms with Crippen molar-refractivity contribution in [2.24, 2.45) is 20.0 Å². The first kappa shape index (κ1) is 37.0. The van der Waals surface area contributed by atoms with Crippen molar-refractivity contribution >= 4 is 24.9 Å². The number of rotatable bonds is 0. The number of hydrogen-bond donors (Lipinski definition) is 0. The molecule has 6 heterocycles. The molecule has 0 atom stereocenters. The normalized spacial score (nSPS) is 17.0. The van der Waals surface area contributed by atoms with E-state index in [0.29, 0.717) is 26.2 Å². The third-order valence-corrected chi connectivity index (χ3v) is 3.45. The zero-order valence-corrected chi connectivity index (χ0v) is 19.5. The third kappa shape index (κ3) is 13.9. The second-order valence-corrected chi connectivity index (χ2v) is 5.61. The van der Waals surface area contributed by atoms with Crippen molar-refractivity contribution in [1.82, 2.24) is 0 Å². The molecule has 6 aliphatic heterocycles. The Labute approximate surface area is 207 Å². The van der Waals surface area contributed by atoms with E-state index in [0.717, 1.165) is 35.6 Å². The van der Waals surface area contributed by atoms with Crippen LogP contribution >= 0.6 is 0 Å². The van der Waals surface area contributed by atoms with Crippen LogP contribution in [0.25, 0.3) is 21.7 Å². The SMILES string of the molecule is C1=NCCCN=CC2=CC=C(C=NCCCN=CC3=CC=C1[N-][N-]3)[N-][N-]2.[Co+2].[Co+2].[OH3+].[OH3+].[OH3+].[OH3+]. The Morgan fingerprint density at radius 1 is 0.438 bits per heavy atom. The quantitative estimate of drug-likeness (QED) is 0.374. The zero-order valence-electron chi connectivity index (χ0n) is 17.4. The van der Waals surface area contributed by atoms with E-state index in [1.165, 1.54) is 0 Å². The number of aliphatic imine (C=N–C) groups is 4. The molecule has 14 heteroatoms. The molecule has 0 saturated heterocycles. The molecule has 0 amide bonds. The summed E-state index contributed by atoms with van der Waals surface area (Å²) in [6.45, 7) is 2.74. The minimum Gasteiger partial charge on any atom is -0.803 e. The second kappa shape index (κ2) is 21.9. The Bertz CT molecular complexity index is 627. The molecule has 0 fully saturated rings. The van der Waals surface area contributed by atoms with Crippen molar-refractivity contribution in [2.75, 3.05) is 26.2 Å². The average Bonchev–Trinajstić information content (AvgIpc) is 2.68. The van der Waals surface area contributed by atoms with Crippen LogP contribution in [0.5, 0.6) is 0 Å². The number of allylic oxidation sites excluding steroid dienone is 8. The monoisotopic (exact) mass is 542 g/mol. The number of nitrogens with zero attached hydrogens (tertiary/aromatic N) is 8. The van der Waals surface area contributed by atoms with Gasteiger partial charge in [0.1, 0.15) is 0 Å². The molecule has 0 aromatic heterocycles. The predicted octanol–water partition coefficient (Wildman–Crippen LogP) is 0.258. The summed E-state index contributed by atoms with van der Waals surface area (Å²) >= 11 is 0. The van der Waals surface area contributed by atoms with Crippen LogP contribution in [-0.4, -0.2) is 51.0 Å². The number of hydrogen-bond acceptors (Lipinski definition) is 4. The fraction of sp³-hybridized carbons (Fsp3) is 0.333. The smallest absolute Gasteiger partial charge is 0.803 e. The van der Waals surface area contributed by atoms with Gasteiger partial charge in [-0.2, -0.15) is 0 Å². The van der Waals surface area contributed by atoms with Crippen LogP contribution in [0.2, 0.25) is 0 Å². The fourth-order valence-corrected chi connectivity index (χ4v) is 2.12. The maximum atomic E-state index is 4.34. The molecular formula is C18H32Co2N8O4+4. The summed E-state index contributed by atoms with van der Waals surface area (Å²) in [6.07, 6.45) is 16.1. The molecule has 4 bridgehead atoms. The Hall–Kier alpha value is -2.31. The largest absolute Gasteiger partial charge is 2.00 e. The standard InChI is InChI=1S/C18H20N8.2Co.4H2O/c1-7-19-11-15-3-5-17(25-23-15)13-21-9-2-10-22-14-18-6-4-16(24-26-18)12-20-8-1;;;;;;/h3-6,11-14H,1-2,7-10H2;;;4*1H2/q-4;2*+2;;;;/p+4. The topological polar surface area (TPSA) is 238 Å². The van der Waals surface area contributed by atoms with Gasteiger partial charge in [-0.15, -0.1) is 22.8 Å². The van der Waals surface area contributed by atoms with Crippen molar-refractivity contribution in [3.63, 3.8) is 0 Å². The van der Waals surface area contributed by atoms with E-state index >= 15 is 0 Å². The van der Waals surface area contributed by atoms with Gasteiger partial charge in [-0.25, -0.2) is 0 Å². The molecule has 0 aromatic rings. The van der Waals surface area contributed by atoms with Gasteiger partial charge in [0.05, 0.1) is 0 Å². The van der Waals surface area contributed by atoms with Gasteiger partial charge in [0.15, 0.2) is 0 Å². The van der Waals surface area contributed by atoms with Crippen LogP contribution < -0.4 is 0 Å².